The Labute approximate surface area is 153 Å². The molecule has 0 aromatic heterocycles. The van der Waals surface area contributed by atoms with Crippen molar-refractivity contribution in [3.8, 4) is 16.9 Å². The molecule has 1 aliphatic rings. The van der Waals surface area contributed by atoms with Gasteiger partial charge in [0.05, 0.1) is 10.9 Å². The molecule has 2 N–H and O–H groups in total. The number of ether oxygens (including phenoxy) is 1. The maximum Gasteiger partial charge on any atom is 0.272 e. The molecule has 3 nitrogen and oxygen atoms in total. The second-order valence-corrected chi connectivity index (χ2v) is 6.72. The third-order valence-electron chi connectivity index (χ3n) is 4.24. The normalized spacial score (nSPS) is 16.1. The van der Waals surface area contributed by atoms with Gasteiger partial charge >= 0.3 is 0 Å². The highest BCUT2D eigenvalue weighted by Crippen LogP contribution is 2.42. The van der Waals surface area contributed by atoms with Crippen LogP contribution in [-0.2, 0) is 11.2 Å². The van der Waals surface area contributed by atoms with Gasteiger partial charge in [0.25, 0.3) is 6.43 Å². The van der Waals surface area contributed by atoms with Gasteiger partial charge in [0, 0.05) is 10.6 Å². The van der Waals surface area contributed by atoms with Gasteiger partial charge in [-0.3, -0.25) is 4.79 Å². The minimum Gasteiger partial charge on any atom is -0.485 e. The fourth-order valence-electron chi connectivity index (χ4n) is 3.15. The lowest BCUT2D eigenvalue weighted by Gasteiger charge is -2.15. The lowest BCUT2D eigenvalue weighted by Crippen LogP contribution is -2.19. The number of hydrogen-bond donors (Lipinski definition) is 1. The van der Waals surface area contributed by atoms with E-state index in [-0.39, 0.29) is 22.6 Å². The Morgan fingerprint density at radius 1 is 1.28 bits per heavy atom. The van der Waals surface area contributed by atoms with Gasteiger partial charge in [0.2, 0.25) is 5.91 Å². The summed E-state index contributed by atoms with van der Waals surface area (Å²) < 4.78 is 30.3. The summed E-state index contributed by atoms with van der Waals surface area (Å²) in [6.45, 7) is -0.761. The summed E-state index contributed by atoms with van der Waals surface area (Å²) in [5, 5.41) is 0.540. The van der Waals surface area contributed by atoms with E-state index in [2.05, 4.69) is 0 Å². The Kier molecular flexibility index (Phi) is 5.16. The van der Waals surface area contributed by atoms with E-state index < -0.39 is 13.0 Å². The molecule has 0 radical (unpaired) electrons. The lowest BCUT2D eigenvalue weighted by molar-refractivity contribution is -0.119. The molecule has 3 rings (SSSR count). The van der Waals surface area contributed by atoms with Crippen molar-refractivity contribution in [3.05, 3.63) is 51.5 Å². The third kappa shape index (κ3) is 3.72. The first-order valence-electron chi connectivity index (χ1n) is 7.69. The first-order chi connectivity index (χ1) is 11.9. The summed E-state index contributed by atoms with van der Waals surface area (Å²) in [5.74, 6) is -0.476. The number of primary amides is 1. The monoisotopic (exact) mass is 385 g/mol. The Hall–Kier alpha value is -1.85. The predicted octanol–water partition coefficient (Wildman–Crippen LogP) is 4.82. The Morgan fingerprint density at radius 2 is 2.04 bits per heavy atom. The third-order valence-corrected chi connectivity index (χ3v) is 4.74. The molecule has 0 spiro atoms. The molecule has 132 valence electrons. The average molecular weight is 386 g/mol. The molecule has 2 aromatic carbocycles. The van der Waals surface area contributed by atoms with Crippen molar-refractivity contribution < 1.29 is 18.3 Å². The summed E-state index contributed by atoms with van der Waals surface area (Å²) in [4.78, 5) is 11.5. The molecule has 0 bridgehead atoms. The maximum atomic E-state index is 12.5. The highest BCUT2D eigenvalue weighted by Gasteiger charge is 2.27. The van der Waals surface area contributed by atoms with Crippen LogP contribution in [0, 0.1) is 0 Å². The van der Waals surface area contributed by atoms with Crippen molar-refractivity contribution in [2.24, 2.45) is 5.73 Å². The van der Waals surface area contributed by atoms with Crippen LogP contribution in [0.25, 0.3) is 11.1 Å². The minimum atomic E-state index is -2.61. The van der Waals surface area contributed by atoms with Gasteiger partial charge < -0.3 is 10.5 Å². The fraction of sp³-hybridized carbons (Fsp3) is 0.278. The van der Waals surface area contributed by atoms with Crippen LogP contribution in [0.1, 0.15) is 23.5 Å². The molecule has 0 aliphatic heterocycles. The van der Waals surface area contributed by atoms with Crippen molar-refractivity contribution in [2.45, 2.75) is 25.2 Å². The molecule has 1 amide bonds. The SMILES string of the molecule is NC(=O)C1CCc2cc(-c3cc(Cl)cc(Cl)c3OCC(F)F)ccc21. The van der Waals surface area contributed by atoms with E-state index in [1.807, 2.05) is 12.1 Å². The molecule has 0 heterocycles. The van der Waals surface area contributed by atoms with Crippen molar-refractivity contribution in [1.29, 1.82) is 0 Å². The van der Waals surface area contributed by atoms with E-state index in [9.17, 15) is 13.6 Å². The number of benzene rings is 2. The van der Waals surface area contributed by atoms with Crippen LogP contribution in [0.4, 0.5) is 8.78 Å². The van der Waals surface area contributed by atoms with Gasteiger partial charge in [-0.15, -0.1) is 0 Å². The fourth-order valence-corrected chi connectivity index (χ4v) is 3.70. The summed E-state index contributed by atoms with van der Waals surface area (Å²) in [5.41, 5.74) is 8.59. The number of amides is 1. The number of alkyl halides is 2. The average Bonchev–Trinajstić information content (AvgIpc) is 2.96. The first kappa shape index (κ1) is 18.0. The van der Waals surface area contributed by atoms with E-state index in [0.29, 0.717) is 17.0 Å². The standard InChI is InChI=1S/C18H15Cl2F2NO2/c19-11-6-14(17(15(20)7-11)25-8-16(21)22)10-1-3-12-9(5-10)2-4-13(12)18(23)24/h1,3,5-7,13,16H,2,4,8H2,(H2,23,24). The molecular formula is C18H15Cl2F2NO2. The van der Waals surface area contributed by atoms with E-state index >= 15 is 0 Å². The molecule has 1 aliphatic carbocycles. The van der Waals surface area contributed by atoms with E-state index in [0.717, 1.165) is 23.1 Å². The largest absolute Gasteiger partial charge is 0.485 e. The number of carbonyl (C=O) groups is 1. The summed E-state index contributed by atoms with van der Waals surface area (Å²) in [7, 11) is 0. The number of nitrogens with two attached hydrogens (primary N) is 1. The number of rotatable bonds is 5. The summed E-state index contributed by atoms with van der Waals surface area (Å²) in [6.07, 6.45) is -1.23. The van der Waals surface area contributed by atoms with Crippen molar-refractivity contribution >= 4 is 29.1 Å². The zero-order chi connectivity index (χ0) is 18.1. The topological polar surface area (TPSA) is 52.3 Å². The predicted molar refractivity (Wildman–Crippen MR) is 93.7 cm³/mol. The summed E-state index contributed by atoms with van der Waals surface area (Å²) >= 11 is 12.2. The Balaban J connectivity index is 2.03. The van der Waals surface area contributed by atoms with E-state index in [1.165, 1.54) is 6.07 Å². The second kappa shape index (κ2) is 7.18. The molecule has 2 aromatic rings. The van der Waals surface area contributed by atoms with Gasteiger partial charge in [-0.05, 0) is 41.7 Å². The van der Waals surface area contributed by atoms with Crippen molar-refractivity contribution in [1.82, 2.24) is 0 Å². The molecule has 0 saturated carbocycles. The summed E-state index contributed by atoms with van der Waals surface area (Å²) in [6, 6.07) is 8.59. The lowest BCUT2D eigenvalue weighted by atomic mass is 9.96. The quantitative estimate of drug-likeness (QED) is 0.801. The second-order valence-electron chi connectivity index (χ2n) is 5.87. The van der Waals surface area contributed by atoms with Crippen LogP contribution >= 0.6 is 23.2 Å². The van der Waals surface area contributed by atoms with Gasteiger partial charge in [0.15, 0.2) is 0 Å². The maximum absolute atomic E-state index is 12.5. The van der Waals surface area contributed by atoms with Gasteiger partial charge in [-0.25, -0.2) is 8.78 Å². The molecular weight excluding hydrogens is 371 g/mol. The molecule has 1 atom stereocenters. The number of hydrogen-bond acceptors (Lipinski definition) is 2. The van der Waals surface area contributed by atoms with E-state index in [4.69, 9.17) is 33.7 Å². The van der Waals surface area contributed by atoms with Crippen LogP contribution in [0.5, 0.6) is 5.75 Å². The smallest absolute Gasteiger partial charge is 0.272 e. The van der Waals surface area contributed by atoms with Crippen LogP contribution in [0.2, 0.25) is 10.0 Å². The molecule has 0 fully saturated rings. The Morgan fingerprint density at radius 3 is 2.72 bits per heavy atom. The highest BCUT2D eigenvalue weighted by atomic mass is 35.5. The number of carbonyl (C=O) groups excluding carboxylic acids is 1. The molecule has 25 heavy (non-hydrogen) atoms. The highest BCUT2D eigenvalue weighted by molar-refractivity contribution is 6.36. The first-order valence-corrected chi connectivity index (χ1v) is 8.45. The zero-order valence-electron chi connectivity index (χ0n) is 13.1. The minimum absolute atomic E-state index is 0.163. The van der Waals surface area contributed by atoms with Crippen LogP contribution in [-0.4, -0.2) is 18.9 Å². The number of fused-ring (bicyclic) bond motifs is 1. The molecule has 0 saturated heterocycles. The Bertz CT molecular complexity index is 827. The number of aryl methyl sites for hydroxylation is 1. The van der Waals surface area contributed by atoms with Crippen molar-refractivity contribution in [2.75, 3.05) is 6.61 Å². The van der Waals surface area contributed by atoms with Crippen LogP contribution in [0.3, 0.4) is 0 Å². The number of halogens is 4. The van der Waals surface area contributed by atoms with Gasteiger partial charge in [-0.2, -0.15) is 0 Å². The molecule has 7 heteroatoms. The van der Waals surface area contributed by atoms with Crippen LogP contribution in [0.15, 0.2) is 30.3 Å². The zero-order valence-corrected chi connectivity index (χ0v) is 14.6. The van der Waals surface area contributed by atoms with Crippen molar-refractivity contribution in [3.63, 3.8) is 0 Å². The van der Waals surface area contributed by atoms with Gasteiger partial charge in [-0.1, -0.05) is 41.4 Å². The van der Waals surface area contributed by atoms with Gasteiger partial charge in [0.1, 0.15) is 12.4 Å². The van der Waals surface area contributed by atoms with Crippen LogP contribution < -0.4 is 10.5 Å². The van der Waals surface area contributed by atoms with E-state index in [1.54, 1.807) is 12.1 Å². The molecule has 1 unspecified atom stereocenters.